The fraction of sp³-hybridized carbons (Fsp3) is 0.889. The van der Waals surface area contributed by atoms with Gasteiger partial charge in [-0.25, -0.2) is 0 Å². The van der Waals surface area contributed by atoms with Crippen LogP contribution in [0.5, 0.6) is 0 Å². The summed E-state index contributed by atoms with van der Waals surface area (Å²) < 4.78 is 0. The van der Waals surface area contributed by atoms with E-state index >= 15 is 0 Å². The first-order valence-corrected chi connectivity index (χ1v) is 4.36. The van der Waals surface area contributed by atoms with Crippen LogP contribution < -0.4 is 5.32 Å². The summed E-state index contributed by atoms with van der Waals surface area (Å²) in [5.41, 5.74) is 0.700. The molecule has 2 atom stereocenters. The van der Waals surface area contributed by atoms with Gasteiger partial charge in [-0.1, -0.05) is 13.8 Å². The molecule has 70 valence electrons. The summed E-state index contributed by atoms with van der Waals surface area (Å²) in [6.45, 7) is 8.39. The Hall–Kier alpha value is -0.570. The zero-order chi connectivity index (χ0) is 9.35. The van der Waals surface area contributed by atoms with Crippen LogP contribution in [0.1, 0.15) is 20.8 Å². The second-order valence-electron chi connectivity index (χ2n) is 4.21. The molecule has 3 heteroatoms. The lowest BCUT2D eigenvalue weighted by Crippen LogP contribution is -2.17. The van der Waals surface area contributed by atoms with Crippen molar-refractivity contribution in [1.29, 1.82) is 0 Å². The Bertz CT molecular complexity index is 173. The van der Waals surface area contributed by atoms with Crippen molar-refractivity contribution in [2.24, 2.45) is 17.3 Å². The van der Waals surface area contributed by atoms with Crippen molar-refractivity contribution >= 4 is 5.97 Å². The summed E-state index contributed by atoms with van der Waals surface area (Å²) in [6.07, 6.45) is 0. The van der Waals surface area contributed by atoms with E-state index in [2.05, 4.69) is 19.2 Å². The highest BCUT2D eigenvalue weighted by Gasteiger charge is 2.59. The Labute approximate surface area is 73.2 Å². The van der Waals surface area contributed by atoms with E-state index in [9.17, 15) is 0 Å². The number of hydrogen-bond acceptors (Lipinski definition) is 2. The van der Waals surface area contributed by atoms with Gasteiger partial charge in [0.1, 0.15) is 0 Å². The minimum atomic E-state index is -0.833. The third kappa shape index (κ3) is 1.78. The second kappa shape index (κ2) is 3.05. The molecule has 3 nitrogen and oxygen atoms in total. The molecule has 2 N–H and O–H groups in total. The quantitative estimate of drug-likeness (QED) is 0.570. The summed E-state index contributed by atoms with van der Waals surface area (Å²) in [4.78, 5) is 9.00. The molecular weight excluding hydrogens is 154 g/mol. The molecule has 0 amide bonds. The van der Waals surface area contributed by atoms with Crippen molar-refractivity contribution in [3.63, 3.8) is 0 Å². The predicted molar refractivity (Wildman–Crippen MR) is 46.9 cm³/mol. The van der Waals surface area contributed by atoms with Gasteiger partial charge in [-0.05, 0) is 30.3 Å². The number of nitrogens with one attached hydrogen (secondary N) is 1. The third-order valence-electron chi connectivity index (χ3n) is 3.02. The van der Waals surface area contributed by atoms with Crippen LogP contribution in [0.2, 0.25) is 0 Å². The normalized spacial score (nSPS) is 34.6. The van der Waals surface area contributed by atoms with Gasteiger partial charge < -0.3 is 10.4 Å². The van der Waals surface area contributed by atoms with Crippen LogP contribution in [-0.2, 0) is 4.79 Å². The summed E-state index contributed by atoms with van der Waals surface area (Å²) >= 11 is 0. The molecule has 1 saturated carbocycles. The topological polar surface area (TPSA) is 49.3 Å². The first-order valence-electron chi connectivity index (χ1n) is 4.36. The van der Waals surface area contributed by atoms with Gasteiger partial charge in [0, 0.05) is 6.92 Å². The summed E-state index contributed by atoms with van der Waals surface area (Å²) in [6, 6.07) is 0. The molecule has 1 aliphatic heterocycles. The van der Waals surface area contributed by atoms with Crippen molar-refractivity contribution in [3.8, 4) is 0 Å². The van der Waals surface area contributed by atoms with Crippen LogP contribution in [0.3, 0.4) is 0 Å². The summed E-state index contributed by atoms with van der Waals surface area (Å²) in [5, 5.41) is 10.8. The highest BCUT2D eigenvalue weighted by Crippen LogP contribution is 2.59. The highest BCUT2D eigenvalue weighted by atomic mass is 16.4. The number of carboxylic acids is 1. The molecule has 2 fully saturated rings. The molecule has 0 spiro atoms. The standard InChI is InChI=1S/C7H13N.C2H4O2/c1-7(2)5-3-8-4-6(5)7;1-2(3)4/h5-6,8H,3-4H2,1-2H3;1H3,(H,3,4). The highest BCUT2D eigenvalue weighted by molar-refractivity contribution is 5.62. The molecule has 12 heavy (non-hydrogen) atoms. The smallest absolute Gasteiger partial charge is 0.300 e. The molecule has 1 saturated heterocycles. The lowest BCUT2D eigenvalue weighted by Gasteiger charge is -2.06. The first-order chi connectivity index (χ1) is 5.46. The SMILES string of the molecule is CC(=O)O.CC1(C)C2CNCC21. The zero-order valence-electron chi connectivity index (χ0n) is 7.92. The molecule has 0 aromatic carbocycles. The van der Waals surface area contributed by atoms with Crippen LogP contribution >= 0.6 is 0 Å². The van der Waals surface area contributed by atoms with E-state index in [-0.39, 0.29) is 0 Å². The van der Waals surface area contributed by atoms with Crippen LogP contribution in [0, 0.1) is 17.3 Å². The lowest BCUT2D eigenvalue weighted by molar-refractivity contribution is -0.134. The van der Waals surface area contributed by atoms with Crippen LogP contribution in [-0.4, -0.2) is 24.2 Å². The molecule has 0 aromatic heterocycles. The number of hydrogen-bond donors (Lipinski definition) is 2. The number of fused-ring (bicyclic) bond motifs is 1. The van der Waals surface area contributed by atoms with E-state index in [1.807, 2.05) is 0 Å². The van der Waals surface area contributed by atoms with Gasteiger partial charge in [-0.3, -0.25) is 4.79 Å². The average molecular weight is 171 g/mol. The van der Waals surface area contributed by atoms with Gasteiger partial charge in [0.15, 0.2) is 0 Å². The van der Waals surface area contributed by atoms with Gasteiger partial charge in [-0.15, -0.1) is 0 Å². The Morgan fingerprint density at radius 1 is 1.42 bits per heavy atom. The van der Waals surface area contributed by atoms with Gasteiger partial charge >= 0.3 is 0 Å². The van der Waals surface area contributed by atoms with E-state index in [4.69, 9.17) is 9.90 Å². The van der Waals surface area contributed by atoms with Gasteiger partial charge in [0.05, 0.1) is 0 Å². The predicted octanol–water partition coefficient (Wildman–Crippen LogP) is 0.953. The minimum absolute atomic E-state index is 0.700. The van der Waals surface area contributed by atoms with Crippen molar-refractivity contribution in [2.45, 2.75) is 20.8 Å². The number of carbonyl (C=O) groups is 1. The van der Waals surface area contributed by atoms with Gasteiger partial charge in [0.25, 0.3) is 5.97 Å². The molecule has 0 bridgehead atoms. The molecule has 1 aliphatic carbocycles. The molecule has 2 aliphatic rings. The Balaban J connectivity index is 0.000000157. The third-order valence-corrected chi connectivity index (χ3v) is 3.02. The Kier molecular flexibility index (Phi) is 2.42. The average Bonchev–Trinajstić information content (AvgIpc) is 2.32. The molecule has 0 aromatic rings. The van der Waals surface area contributed by atoms with Crippen molar-refractivity contribution in [2.75, 3.05) is 13.1 Å². The van der Waals surface area contributed by atoms with E-state index < -0.39 is 5.97 Å². The largest absolute Gasteiger partial charge is 0.481 e. The van der Waals surface area contributed by atoms with E-state index in [1.54, 1.807) is 0 Å². The first kappa shape index (κ1) is 9.52. The molecule has 0 radical (unpaired) electrons. The number of piperidine rings is 1. The number of aliphatic carboxylic acids is 1. The van der Waals surface area contributed by atoms with Crippen molar-refractivity contribution < 1.29 is 9.90 Å². The molecule has 2 rings (SSSR count). The minimum Gasteiger partial charge on any atom is -0.481 e. The maximum Gasteiger partial charge on any atom is 0.300 e. The Morgan fingerprint density at radius 3 is 1.92 bits per heavy atom. The van der Waals surface area contributed by atoms with Crippen molar-refractivity contribution in [1.82, 2.24) is 5.32 Å². The lowest BCUT2D eigenvalue weighted by atomic mass is 10.1. The maximum absolute atomic E-state index is 9.00. The van der Waals surface area contributed by atoms with E-state index in [0.717, 1.165) is 18.8 Å². The van der Waals surface area contributed by atoms with Gasteiger partial charge in [0.2, 0.25) is 0 Å². The molecular formula is C9H17NO2. The Morgan fingerprint density at radius 2 is 1.75 bits per heavy atom. The fourth-order valence-corrected chi connectivity index (χ4v) is 2.06. The van der Waals surface area contributed by atoms with Crippen molar-refractivity contribution in [3.05, 3.63) is 0 Å². The number of rotatable bonds is 0. The zero-order valence-corrected chi connectivity index (χ0v) is 7.92. The molecule has 1 heterocycles. The summed E-state index contributed by atoms with van der Waals surface area (Å²) in [5.74, 6) is 1.20. The van der Waals surface area contributed by atoms with E-state index in [0.29, 0.717) is 5.41 Å². The second-order valence-corrected chi connectivity index (χ2v) is 4.21. The van der Waals surface area contributed by atoms with Crippen LogP contribution in [0.25, 0.3) is 0 Å². The van der Waals surface area contributed by atoms with Crippen LogP contribution in [0.15, 0.2) is 0 Å². The maximum atomic E-state index is 9.00. The summed E-state index contributed by atoms with van der Waals surface area (Å²) in [7, 11) is 0. The number of carboxylic acid groups (broad SMARTS) is 1. The fourth-order valence-electron chi connectivity index (χ4n) is 2.06. The monoisotopic (exact) mass is 171 g/mol. The molecule has 2 unspecified atom stereocenters. The van der Waals surface area contributed by atoms with E-state index in [1.165, 1.54) is 13.1 Å². The van der Waals surface area contributed by atoms with Crippen LogP contribution in [0.4, 0.5) is 0 Å². The van der Waals surface area contributed by atoms with Gasteiger partial charge in [-0.2, -0.15) is 0 Å².